The SMILES string of the molecule is CCCCCCC(C)NC(=O)N(CC)CC(=O)O. The Balaban J connectivity index is 3.92. The molecule has 0 fully saturated rings. The van der Waals surface area contributed by atoms with Crippen LogP contribution in [0, 0.1) is 0 Å². The molecule has 0 rings (SSSR count). The number of unbranched alkanes of at least 4 members (excludes halogenated alkanes) is 3. The van der Waals surface area contributed by atoms with Crippen LogP contribution < -0.4 is 5.32 Å². The predicted octanol–water partition coefficient (Wildman–Crippen LogP) is 2.46. The first-order valence-electron chi connectivity index (χ1n) is 6.78. The number of hydrogen-bond acceptors (Lipinski definition) is 2. The van der Waals surface area contributed by atoms with Gasteiger partial charge in [0.05, 0.1) is 0 Å². The average Bonchev–Trinajstić information content (AvgIpc) is 2.31. The Kier molecular flexibility index (Phi) is 9.06. The minimum absolute atomic E-state index is 0.0946. The highest BCUT2D eigenvalue weighted by Gasteiger charge is 2.16. The number of likely N-dealkylation sites (N-methyl/N-ethyl adjacent to an activating group) is 1. The summed E-state index contributed by atoms with van der Waals surface area (Å²) in [6.07, 6.45) is 5.64. The summed E-state index contributed by atoms with van der Waals surface area (Å²) in [4.78, 5) is 23.6. The van der Waals surface area contributed by atoms with Gasteiger partial charge in [-0.05, 0) is 20.3 Å². The number of carbonyl (C=O) groups excluding carboxylic acids is 1. The Bertz CT molecular complexity index is 257. The summed E-state index contributed by atoms with van der Waals surface area (Å²) in [5.41, 5.74) is 0. The zero-order chi connectivity index (χ0) is 14.0. The fraction of sp³-hybridized carbons (Fsp3) is 0.846. The lowest BCUT2D eigenvalue weighted by molar-refractivity contribution is -0.137. The van der Waals surface area contributed by atoms with Gasteiger partial charge in [-0.2, -0.15) is 0 Å². The number of nitrogens with one attached hydrogen (secondary N) is 1. The first-order chi connectivity index (χ1) is 8.51. The van der Waals surface area contributed by atoms with Crippen molar-refractivity contribution in [3.8, 4) is 0 Å². The van der Waals surface area contributed by atoms with Gasteiger partial charge >= 0.3 is 12.0 Å². The Hall–Kier alpha value is -1.26. The highest BCUT2D eigenvalue weighted by molar-refractivity contribution is 5.80. The lowest BCUT2D eigenvalue weighted by Crippen LogP contribution is -2.45. The average molecular weight is 258 g/mol. The molecule has 2 amide bonds. The number of carbonyl (C=O) groups is 2. The molecule has 0 heterocycles. The third kappa shape index (κ3) is 7.92. The molecule has 0 saturated heterocycles. The number of nitrogens with zero attached hydrogens (tertiary/aromatic N) is 1. The topological polar surface area (TPSA) is 69.6 Å². The molecule has 2 N–H and O–H groups in total. The monoisotopic (exact) mass is 258 g/mol. The minimum Gasteiger partial charge on any atom is -0.480 e. The van der Waals surface area contributed by atoms with Gasteiger partial charge in [-0.3, -0.25) is 4.79 Å². The van der Waals surface area contributed by atoms with Crippen molar-refractivity contribution >= 4 is 12.0 Å². The Morgan fingerprint density at radius 1 is 1.22 bits per heavy atom. The molecule has 0 aromatic carbocycles. The van der Waals surface area contributed by atoms with Crippen molar-refractivity contribution < 1.29 is 14.7 Å². The van der Waals surface area contributed by atoms with Crippen LogP contribution in [0.3, 0.4) is 0 Å². The maximum absolute atomic E-state index is 11.8. The summed E-state index contributed by atoms with van der Waals surface area (Å²) in [6.45, 7) is 6.05. The van der Waals surface area contributed by atoms with E-state index in [2.05, 4.69) is 12.2 Å². The smallest absolute Gasteiger partial charge is 0.323 e. The van der Waals surface area contributed by atoms with Gasteiger partial charge in [0.15, 0.2) is 0 Å². The molecular weight excluding hydrogens is 232 g/mol. The highest BCUT2D eigenvalue weighted by atomic mass is 16.4. The van der Waals surface area contributed by atoms with Crippen molar-refractivity contribution in [3.05, 3.63) is 0 Å². The van der Waals surface area contributed by atoms with E-state index in [0.717, 1.165) is 12.8 Å². The van der Waals surface area contributed by atoms with Crippen LogP contribution in [0.2, 0.25) is 0 Å². The minimum atomic E-state index is -0.984. The molecular formula is C13H26N2O3. The van der Waals surface area contributed by atoms with E-state index >= 15 is 0 Å². The Morgan fingerprint density at radius 3 is 2.39 bits per heavy atom. The van der Waals surface area contributed by atoms with Crippen LogP contribution in [0.25, 0.3) is 0 Å². The molecule has 1 atom stereocenters. The van der Waals surface area contributed by atoms with E-state index in [1.54, 1.807) is 6.92 Å². The lowest BCUT2D eigenvalue weighted by Gasteiger charge is -2.22. The summed E-state index contributed by atoms with van der Waals surface area (Å²) in [6, 6.07) is -0.194. The van der Waals surface area contributed by atoms with Crippen LogP contribution in [0.4, 0.5) is 4.79 Å². The maximum atomic E-state index is 11.8. The van der Waals surface area contributed by atoms with Gasteiger partial charge in [-0.1, -0.05) is 32.6 Å². The summed E-state index contributed by atoms with van der Waals surface area (Å²) in [5, 5.41) is 11.5. The summed E-state index contributed by atoms with van der Waals surface area (Å²) >= 11 is 0. The molecule has 0 radical (unpaired) electrons. The van der Waals surface area contributed by atoms with Crippen molar-refractivity contribution in [1.82, 2.24) is 10.2 Å². The first kappa shape index (κ1) is 16.7. The molecule has 0 bridgehead atoms. The highest BCUT2D eigenvalue weighted by Crippen LogP contribution is 2.05. The molecule has 0 saturated carbocycles. The van der Waals surface area contributed by atoms with Crippen molar-refractivity contribution in [2.24, 2.45) is 0 Å². The van der Waals surface area contributed by atoms with E-state index in [4.69, 9.17) is 5.11 Å². The summed E-state index contributed by atoms with van der Waals surface area (Å²) < 4.78 is 0. The van der Waals surface area contributed by atoms with Gasteiger partial charge in [0.2, 0.25) is 0 Å². The molecule has 0 aliphatic carbocycles. The molecule has 5 nitrogen and oxygen atoms in total. The first-order valence-corrected chi connectivity index (χ1v) is 6.78. The third-order valence-electron chi connectivity index (χ3n) is 2.86. The molecule has 0 spiro atoms. The Labute approximate surface area is 110 Å². The van der Waals surface area contributed by atoms with Crippen molar-refractivity contribution in [1.29, 1.82) is 0 Å². The lowest BCUT2D eigenvalue weighted by atomic mass is 10.1. The van der Waals surface area contributed by atoms with Crippen LogP contribution in [0.5, 0.6) is 0 Å². The fourth-order valence-electron chi connectivity index (χ4n) is 1.74. The van der Waals surface area contributed by atoms with E-state index in [-0.39, 0.29) is 18.6 Å². The Morgan fingerprint density at radius 2 is 1.89 bits per heavy atom. The van der Waals surface area contributed by atoms with Gasteiger partial charge in [0, 0.05) is 12.6 Å². The largest absolute Gasteiger partial charge is 0.480 e. The van der Waals surface area contributed by atoms with Crippen molar-refractivity contribution in [3.63, 3.8) is 0 Å². The molecule has 0 aromatic rings. The second-order valence-electron chi connectivity index (χ2n) is 4.61. The van der Waals surface area contributed by atoms with E-state index in [1.165, 1.54) is 24.2 Å². The molecule has 0 aliphatic rings. The number of urea groups is 1. The molecule has 106 valence electrons. The van der Waals surface area contributed by atoms with Crippen LogP contribution in [-0.4, -0.2) is 41.1 Å². The van der Waals surface area contributed by atoms with Crippen molar-refractivity contribution in [2.75, 3.05) is 13.1 Å². The van der Waals surface area contributed by atoms with Gasteiger partial charge in [-0.25, -0.2) is 4.79 Å². The van der Waals surface area contributed by atoms with E-state index in [0.29, 0.717) is 6.54 Å². The molecule has 0 aromatic heterocycles. The molecule has 0 aliphatic heterocycles. The summed E-state index contributed by atoms with van der Waals surface area (Å²) in [7, 11) is 0. The number of carboxylic acids is 1. The van der Waals surface area contributed by atoms with Crippen LogP contribution in [-0.2, 0) is 4.79 Å². The normalized spacial score (nSPS) is 11.9. The third-order valence-corrected chi connectivity index (χ3v) is 2.86. The molecule has 18 heavy (non-hydrogen) atoms. The number of amides is 2. The molecule has 5 heteroatoms. The standard InChI is InChI=1S/C13H26N2O3/c1-4-6-7-8-9-11(3)14-13(18)15(5-2)10-12(16)17/h11H,4-10H2,1-3H3,(H,14,18)(H,16,17). The van der Waals surface area contributed by atoms with E-state index in [1.807, 2.05) is 6.92 Å². The van der Waals surface area contributed by atoms with Crippen LogP contribution in [0.1, 0.15) is 52.9 Å². The number of rotatable bonds is 9. The van der Waals surface area contributed by atoms with E-state index in [9.17, 15) is 9.59 Å². The van der Waals surface area contributed by atoms with Crippen LogP contribution >= 0.6 is 0 Å². The number of hydrogen-bond donors (Lipinski definition) is 2. The van der Waals surface area contributed by atoms with Gasteiger partial charge in [0.1, 0.15) is 6.54 Å². The predicted molar refractivity (Wildman–Crippen MR) is 71.6 cm³/mol. The molecule has 1 unspecified atom stereocenters. The quantitative estimate of drug-likeness (QED) is 0.624. The fourth-order valence-corrected chi connectivity index (χ4v) is 1.74. The van der Waals surface area contributed by atoms with Gasteiger partial charge in [0.25, 0.3) is 0 Å². The second-order valence-corrected chi connectivity index (χ2v) is 4.61. The van der Waals surface area contributed by atoms with Gasteiger partial charge in [-0.15, -0.1) is 0 Å². The zero-order valence-corrected chi connectivity index (χ0v) is 11.7. The van der Waals surface area contributed by atoms with Crippen LogP contribution in [0.15, 0.2) is 0 Å². The zero-order valence-electron chi connectivity index (χ0n) is 11.7. The summed E-state index contributed by atoms with van der Waals surface area (Å²) in [5.74, 6) is -0.984. The van der Waals surface area contributed by atoms with Crippen molar-refractivity contribution in [2.45, 2.75) is 58.9 Å². The van der Waals surface area contributed by atoms with Gasteiger partial charge < -0.3 is 15.3 Å². The maximum Gasteiger partial charge on any atom is 0.323 e. The van der Waals surface area contributed by atoms with E-state index < -0.39 is 5.97 Å². The number of aliphatic carboxylic acids is 1. The second kappa shape index (κ2) is 9.74. The number of carboxylic acid groups (broad SMARTS) is 1.